The van der Waals surface area contributed by atoms with Gasteiger partial charge < -0.3 is 14.8 Å². The van der Waals surface area contributed by atoms with E-state index in [9.17, 15) is 18.0 Å². The van der Waals surface area contributed by atoms with Gasteiger partial charge in [-0.25, -0.2) is 15.0 Å². The SMILES string of the molecule is C[C@@H](NC(=O)c1cc(-c2ccncc2)ncn1)c1cc(-c2nc3ccc(C(F)(F)F)cc3[nH]2)on1. The van der Waals surface area contributed by atoms with Gasteiger partial charge in [0.1, 0.15) is 17.7 Å². The molecule has 35 heavy (non-hydrogen) atoms. The van der Waals surface area contributed by atoms with Gasteiger partial charge in [-0.1, -0.05) is 5.16 Å². The summed E-state index contributed by atoms with van der Waals surface area (Å²) in [6.45, 7) is 1.71. The second kappa shape index (κ2) is 8.63. The molecule has 5 rings (SSSR count). The number of H-pyrrole nitrogens is 1. The van der Waals surface area contributed by atoms with Crippen LogP contribution in [0.15, 0.2) is 65.7 Å². The molecule has 9 nitrogen and oxygen atoms in total. The van der Waals surface area contributed by atoms with Crippen LogP contribution in [-0.2, 0) is 6.18 Å². The first-order valence-corrected chi connectivity index (χ1v) is 10.4. The molecule has 0 fully saturated rings. The summed E-state index contributed by atoms with van der Waals surface area (Å²) in [4.78, 5) is 32.0. The molecule has 0 aliphatic rings. The standard InChI is InChI=1S/C23H16F3N7O2/c1-12(30-22(34)19-9-17(28-11-29-19)13-4-6-27-7-5-13)16-10-20(35-33-16)21-31-15-3-2-14(23(24,25)26)8-18(15)32-21/h2-12H,1H3,(H,30,34)(H,31,32)/t12-/m1/s1. The number of alkyl halides is 3. The van der Waals surface area contributed by atoms with E-state index in [0.29, 0.717) is 16.9 Å². The third-order valence-corrected chi connectivity index (χ3v) is 5.24. The Labute approximate surface area is 195 Å². The van der Waals surface area contributed by atoms with Crippen molar-refractivity contribution in [1.29, 1.82) is 0 Å². The fourth-order valence-corrected chi connectivity index (χ4v) is 3.41. The lowest BCUT2D eigenvalue weighted by Gasteiger charge is -2.10. The third kappa shape index (κ3) is 4.58. The number of benzene rings is 1. The molecule has 2 N–H and O–H groups in total. The summed E-state index contributed by atoms with van der Waals surface area (Å²) in [6, 6.07) is 9.32. The molecule has 0 aliphatic heterocycles. The number of halogens is 3. The van der Waals surface area contributed by atoms with Crippen molar-refractivity contribution in [3.63, 3.8) is 0 Å². The van der Waals surface area contributed by atoms with Crippen LogP contribution in [0.2, 0.25) is 0 Å². The van der Waals surface area contributed by atoms with Crippen LogP contribution in [0.3, 0.4) is 0 Å². The fraction of sp³-hybridized carbons (Fsp3) is 0.130. The molecule has 0 spiro atoms. The van der Waals surface area contributed by atoms with Crippen molar-refractivity contribution in [2.45, 2.75) is 19.1 Å². The average Bonchev–Trinajstić information content (AvgIpc) is 3.51. The number of pyridine rings is 1. The minimum atomic E-state index is -4.46. The first-order chi connectivity index (χ1) is 16.8. The number of aromatic amines is 1. The number of carbonyl (C=O) groups excluding carboxylic acids is 1. The van der Waals surface area contributed by atoms with Gasteiger partial charge in [-0.05, 0) is 43.3 Å². The van der Waals surface area contributed by atoms with Gasteiger partial charge in [-0.15, -0.1) is 0 Å². The minimum absolute atomic E-state index is 0.167. The van der Waals surface area contributed by atoms with Crippen molar-refractivity contribution >= 4 is 16.9 Å². The van der Waals surface area contributed by atoms with Gasteiger partial charge >= 0.3 is 6.18 Å². The van der Waals surface area contributed by atoms with E-state index in [1.165, 1.54) is 12.4 Å². The maximum Gasteiger partial charge on any atom is 0.416 e. The number of carbonyl (C=O) groups is 1. The van der Waals surface area contributed by atoms with Crippen molar-refractivity contribution in [2.75, 3.05) is 0 Å². The van der Waals surface area contributed by atoms with Gasteiger partial charge in [0.15, 0.2) is 5.82 Å². The Morgan fingerprint density at radius 3 is 2.66 bits per heavy atom. The van der Waals surface area contributed by atoms with Crippen LogP contribution in [0.1, 0.15) is 34.7 Å². The van der Waals surface area contributed by atoms with Crippen LogP contribution >= 0.6 is 0 Å². The molecule has 1 aromatic carbocycles. The van der Waals surface area contributed by atoms with E-state index >= 15 is 0 Å². The molecule has 0 unspecified atom stereocenters. The zero-order chi connectivity index (χ0) is 24.6. The van der Waals surface area contributed by atoms with Gasteiger partial charge in [0, 0.05) is 24.0 Å². The van der Waals surface area contributed by atoms with Crippen LogP contribution in [-0.4, -0.2) is 36.0 Å². The van der Waals surface area contributed by atoms with Crippen LogP contribution in [0.4, 0.5) is 13.2 Å². The number of rotatable bonds is 5. The molecule has 0 bridgehead atoms. The van der Waals surface area contributed by atoms with E-state index in [2.05, 4.69) is 35.4 Å². The molecule has 176 valence electrons. The molecule has 0 aliphatic carbocycles. The zero-order valence-electron chi connectivity index (χ0n) is 18.0. The normalized spacial score (nSPS) is 12.6. The first kappa shape index (κ1) is 22.2. The van der Waals surface area contributed by atoms with Crippen molar-refractivity contribution in [2.24, 2.45) is 0 Å². The highest BCUT2D eigenvalue weighted by molar-refractivity contribution is 5.93. The second-order valence-corrected chi connectivity index (χ2v) is 7.65. The molecule has 1 amide bonds. The molecule has 1 atom stereocenters. The number of fused-ring (bicyclic) bond motifs is 1. The third-order valence-electron chi connectivity index (χ3n) is 5.24. The Morgan fingerprint density at radius 1 is 1.09 bits per heavy atom. The van der Waals surface area contributed by atoms with Crippen molar-refractivity contribution < 1.29 is 22.5 Å². The highest BCUT2D eigenvalue weighted by atomic mass is 19.4. The lowest BCUT2D eigenvalue weighted by atomic mass is 10.1. The van der Waals surface area contributed by atoms with Gasteiger partial charge in [-0.2, -0.15) is 13.2 Å². The van der Waals surface area contributed by atoms with E-state index < -0.39 is 23.7 Å². The van der Waals surface area contributed by atoms with Crippen LogP contribution in [0.25, 0.3) is 33.9 Å². The number of hydrogen-bond acceptors (Lipinski definition) is 7. The first-order valence-electron chi connectivity index (χ1n) is 10.4. The predicted octanol–water partition coefficient (Wildman–Crippen LogP) is 4.58. The van der Waals surface area contributed by atoms with Gasteiger partial charge in [0.05, 0.1) is 28.3 Å². The number of nitrogens with one attached hydrogen (secondary N) is 2. The second-order valence-electron chi connectivity index (χ2n) is 7.65. The number of nitrogens with zero attached hydrogens (tertiary/aromatic N) is 5. The van der Waals surface area contributed by atoms with Crippen molar-refractivity contribution in [3.8, 4) is 22.8 Å². The topological polar surface area (TPSA) is 122 Å². The number of hydrogen-bond donors (Lipinski definition) is 2. The summed E-state index contributed by atoms with van der Waals surface area (Å²) in [5.41, 5.74) is 1.70. The van der Waals surface area contributed by atoms with Crippen LogP contribution < -0.4 is 5.32 Å². The Bertz CT molecular complexity index is 1510. The van der Waals surface area contributed by atoms with Crippen molar-refractivity contribution in [3.05, 3.63) is 78.1 Å². The van der Waals surface area contributed by atoms with E-state index in [4.69, 9.17) is 4.52 Å². The smallest absolute Gasteiger partial charge is 0.353 e. The summed E-state index contributed by atoms with van der Waals surface area (Å²) in [5.74, 6) is -0.00886. The van der Waals surface area contributed by atoms with Crippen molar-refractivity contribution in [1.82, 2.24) is 35.4 Å². The molecule has 4 aromatic heterocycles. The van der Waals surface area contributed by atoms with E-state index in [0.717, 1.165) is 17.7 Å². The van der Waals surface area contributed by atoms with Gasteiger partial charge in [0.2, 0.25) is 5.76 Å². The maximum atomic E-state index is 13.0. The van der Waals surface area contributed by atoms with Crippen LogP contribution in [0, 0.1) is 0 Å². The van der Waals surface area contributed by atoms with E-state index in [1.807, 2.05) is 0 Å². The molecule has 0 saturated heterocycles. The zero-order valence-corrected chi connectivity index (χ0v) is 18.0. The van der Waals surface area contributed by atoms with Gasteiger partial charge in [-0.3, -0.25) is 9.78 Å². The molecule has 12 heteroatoms. The summed E-state index contributed by atoms with van der Waals surface area (Å²) >= 11 is 0. The lowest BCUT2D eigenvalue weighted by Crippen LogP contribution is -2.27. The van der Waals surface area contributed by atoms with E-state index in [1.54, 1.807) is 43.6 Å². The van der Waals surface area contributed by atoms with Crippen LogP contribution in [0.5, 0.6) is 0 Å². The number of aromatic nitrogens is 6. The largest absolute Gasteiger partial charge is 0.416 e. The summed E-state index contributed by atoms with van der Waals surface area (Å²) < 4.78 is 44.2. The average molecular weight is 479 g/mol. The number of imidazole rings is 1. The Hall–Kier alpha value is -4.61. The predicted molar refractivity (Wildman–Crippen MR) is 118 cm³/mol. The minimum Gasteiger partial charge on any atom is -0.353 e. The highest BCUT2D eigenvalue weighted by Crippen LogP contribution is 2.32. The molecule has 4 heterocycles. The molecular formula is C23H16F3N7O2. The number of amides is 1. The summed E-state index contributed by atoms with van der Waals surface area (Å²) in [7, 11) is 0. The molecule has 5 aromatic rings. The Morgan fingerprint density at radius 2 is 1.89 bits per heavy atom. The van der Waals surface area contributed by atoms with Gasteiger partial charge in [0.25, 0.3) is 5.91 Å². The summed E-state index contributed by atoms with van der Waals surface area (Å²) in [5, 5.41) is 6.75. The summed E-state index contributed by atoms with van der Waals surface area (Å²) in [6.07, 6.45) is 0.0852. The van der Waals surface area contributed by atoms with E-state index in [-0.39, 0.29) is 22.8 Å². The Kier molecular flexibility index (Phi) is 5.47. The quantitative estimate of drug-likeness (QED) is 0.378. The molecular weight excluding hydrogens is 463 g/mol. The fourth-order valence-electron chi connectivity index (χ4n) is 3.41. The maximum absolute atomic E-state index is 13.0. The Balaban J connectivity index is 1.32. The lowest BCUT2D eigenvalue weighted by molar-refractivity contribution is -0.137. The highest BCUT2D eigenvalue weighted by Gasteiger charge is 2.31. The molecule has 0 saturated carbocycles. The monoisotopic (exact) mass is 479 g/mol. The molecule has 0 radical (unpaired) electrons.